The van der Waals surface area contributed by atoms with Gasteiger partial charge in [0.15, 0.2) is 0 Å². The molecule has 0 N–H and O–H groups in total. The molecule has 2 aliphatic carbocycles. The van der Waals surface area contributed by atoms with E-state index in [1.807, 2.05) is 24.3 Å². The molecule has 3 heteroatoms. The van der Waals surface area contributed by atoms with Crippen LogP contribution < -0.4 is 9.47 Å². The number of hydrogen-bond acceptors (Lipinski definition) is 3. The van der Waals surface area contributed by atoms with Gasteiger partial charge < -0.3 is 9.47 Å². The molecule has 2 fully saturated rings. The number of rotatable bonds is 9. The van der Waals surface area contributed by atoms with E-state index in [4.69, 9.17) is 9.47 Å². The molecule has 0 radical (unpaired) electrons. The first-order chi connectivity index (χ1) is 14.1. The Kier molecular flexibility index (Phi) is 8.89. The first-order valence-electron chi connectivity index (χ1n) is 12.1. The topological polar surface area (TPSA) is 35.5 Å². The van der Waals surface area contributed by atoms with Gasteiger partial charge in [-0.3, -0.25) is 4.79 Å². The average molecular weight is 401 g/mol. The number of hydrogen-bond donors (Lipinski definition) is 0. The molecule has 0 saturated heterocycles. The molecule has 3 rings (SSSR count). The highest BCUT2D eigenvalue weighted by atomic mass is 16.5. The lowest BCUT2D eigenvalue weighted by molar-refractivity contribution is -0.140. The van der Waals surface area contributed by atoms with E-state index in [1.54, 1.807) is 0 Å². The molecule has 0 atom stereocenters. The Balaban J connectivity index is 1.31. The van der Waals surface area contributed by atoms with Crippen LogP contribution in [0.5, 0.6) is 11.5 Å². The molecule has 1 aromatic rings. The van der Waals surface area contributed by atoms with Crippen LogP contribution in [0.15, 0.2) is 24.3 Å². The van der Waals surface area contributed by atoms with Gasteiger partial charge in [0.25, 0.3) is 0 Å². The minimum absolute atomic E-state index is 0.0687. The van der Waals surface area contributed by atoms with Gasteiger partial charge in [0.1, 0.15) is 11.5 Å². The average Bonchev–Trinajstić information content (AvgIpc) is 2.74. The molecule has 0 bridgehead atoms. The number of benzene rings is 1. The van der Waals surface area contributed by atoms with Crippen LogP contribution in [0.1, 0.15) is 90.9 Å². The summed E-state index contributed by atoms with van der Waals surface area (Å²) in [6.07, 6.45) is 15.0. The van der Waals surface area contributed by atoms with E-state index >= 15 is 0 Å². The van der Waals surface area contributed by atoms with E-state index in [-0.39, 0.29) is 11.9 Å². The maximum atomic E-state index is 12.3. The molecule has 162 valence electrons. The van der Waals surface area contributed by atoms with Crippen molar-refractivity contribution in [3.8, 4) is 11.5 Å². The van der Waals surface area contributed by atoms with Crippen LogP contribution in [0.2, 0.25) is 0 Å². The minimum Gasteiger partial charge on any atom is -0.494 e. The lowest BCUT2D eigenvalue weighted by atomic mass is 9.78. The largest absolute Gasteiger partial charge is 0.494 e. The van der Waals surface area contributed by atoms with Crippen LogP contribution in [0.4, 0.5) is 0 Å². The van der Waals surface area contributed by atoms with Gasteiger partial charge in [0.05, 0.1) is 12.5 Å². The molecule has 29 heavy (non-hydrogen) atoms. The lowest BCUT2D eigenvalue weighted by Gasteiger charge is -2.28. The number of ether oxygens (including phenoxy) is 2. The second-order valence-electron chi connectivity index (χ2n) is 9.52. The quantitative estimate of drug-likeness (QED) is 0.250. The lowest BCUT2D eigenvalue weighted by Crippen LogP contribution is -2.24. The van der Waals surface area contributed by atoms with Gasteiger partial charge in [-0.15, -0.1) is 0 Å². The Morgan fingerprint density at radius 2 is 1.45 bits per heavy atom. The number of esters is 1. The van der Waals surface area contributed by atoms with Crippen molar-refractivity contribution in [1.82, 2.24) is 0 Å². The van der Waals surface area contributed by atoms with Crippen molar-refractivity contribution in [2.24, 2.45) is 23.7 Å². The molecule has 1 aromatic carbocycles. The normalized spacial score (nSPS) is 27.4. The van der Waals surface area contributed by atoms with Crippen LogP contribution >= 0.6 is 0 Å². The van der Waals surface area contributed by atoms with Crippen molar-refractivity contribution >= 4 is 5.97 Å². The minimum atomic E-state index is -0.0702. The smallest absolute Gasteiger partial charge is 0.314 e. The van der Waals surface area contributed by atoms with Crippen molar-refractivity contribution in [2.45, 2.75) is 90.9 Å². The Bertz CT molecular complexity index is 593. The van der Waals surface area contributed by atoms with Crippen LogP contribution in [-0.4, -0.2) is 12.6 Å². The summed E-state index contributed by atoms with van der Waals surface area (Å²) in [6.45, 7) is 5.34. The molecular formula is C26H40O3. The molecular weight excluding hydrogens is 360 g/mol. The summed E-state index contributed by atoms with van der Waals surface area (Å²) in [4.78, 5) is 12.3. The predicted octanol–water partition coefficient (Wildman–Crippen LogP) is 7.18. The Morgan fingerprint density at radius 1 is 0.862 bits per heavy atom. The number of carbonyl (C=O) groups excluding carboxylic acids is 1. The van der Waals surface area contributed by atoms with Crippen molar-refractivity contribution in [3.63, 3.8) is 0 Å². The molecule has 3 nitrogen and oxygen atoms in total. The predicted molar refractivity (Wildman–Crippen MR) is 118 cm³/mol. The first kappa shape index (κ1) is 22.2. The van der Waals surface area contributed by atoms with Gasteiger partial charge in [-0.1, -0.05) is 52.4 Å². The standard InChI is InChI=1S/C26H40O3/c1-3-5-21-9-11-22(12-10-21)6-4-19-28-24-15-17-25(18-16-24)29-26(27)23-13-7-20(2)8-14-23/h15-18,20-23H,3-14,19H2,1-2H3/t20-,21-,22-,23-. The molecule has 0 heterocycles. The molecule has 0 amide bonds. The zero-order valence-electron chi connectivity index (χ0n) is 18.5. The summed E-state index contributed by atoms with van der Waals surface area (Å²) < 4.78 is 11.5. The molecule has 0 aromatic heterocycles. The summed E-state index contributed by atoms with van der Waals surface area (Å²) in [7, 11) is 0. The molecule has 0 spiro atoms. The van der Waals surface area contributed by atoms with Gasteiger partial charge in [0, 0.05) is 0 Å². The molecule has 2 aliphatic rings. The maximum absolute atomic E-state index is 12.3. The van der Waals surface area contributed by atoms with Crippen LogP contribution in [0, 0.1) is 23.7 Å². The third-order valence-corrected chi connectivity index (χ3v) is 7.08. The summed E-state index contributed by atoms with van der Waals surface area (Å²) in [5.41, 5.74) is 0. The Hall–Kier alpha value is -1.51. The van der Waals surface area contributed by atoms with Gasteiger partial charge in [-0.25, -0.2) is 0 Å². The zero-order chi connectivity index (χ0) is 20.5. The summed E-state index contributed by atoms with van der Waals surface area (Å²) in [5, 5.41) is 0. The van der Waals surface area contributed by atoms with Gasteiger partial charge in [-0.2, -0.15) is 0 Å². The fraction of sp³-hybridized carbons (Fsp3) is 0.731. The first-order valence-corrected chi connectivity index (χ1v) is 12.1. The fourth-order valence-corrected chi connectivity index (χ4v) is 5.08. The van der Waals surface area contributed by atoms with E-state index < -0.39 is 0 Å². The van der Waals surface area contributed by atoms with Crippen molar-refractivity contribution in [2.75, 3.05) is 6.61 Å². The summed E-state index contributed by atoms with van der Waals surface area (Å²) in [6, 6.07) is 7.55. The maximum Gasteiger partial charge on any atom is 0.314 e. The van der Waals surface area contributed by atoms with E-state index in [1.165, 1.54) is 44.9 Å². The Labute approximate surface area is 177 Å². The second kappa shape index (κ2) is 11.6. The van der Waals surface area contributed by atoms with Crippen molar-refractivity contribution in [3.05, 3.63) is 24.3 Å². The van der Waals surface area contributed by atoms with Crippen LogP contribution in [0.3, 0.4) is 0 Å². The summed E-state index contributed by atoms with van der Waals surface area (Å²) in [5.74, 6) is 4.12. The molecule has 2 saturated carbocycles. The third-order valence-electron chi connectivity index (χ3n) is 7.08. The van der Waals surface area contributed by atoms with Crippen molar-refractivity contribution < 1.29 is 14.3 Å². The van der Waals surface area contributed by atoms with E-state index in [2.05, 4.69) is 13.8 Å². The number of carbonyl (C=O) groups is 1. The highest BCUT2D eigenvalue weighted by molar-refractivity contribution is 5.75. The van der Waals surface area contributed by atoms with Gasteiger partial charge >= 0.3 is 5.97 Å². The highest BCUT2D eigenvalue weighted by Gasteiger charge is 2.26. The Morgan fingerprint density at radius 3 is 2.07 bits per heavy atom. The molecule has 0 aliphatic heterocycles. The summed E-state index contributed by atoms with van der Waals surface area (Å²) >= 11 is 0. The van der Waals surface area contributed by atoms with Crippen molar-refractivity contribution in [1.29, 1.82) is 0 Å². The SMILES string of the molecule is CCC[C@H]1CC[C@H](CCCOc2ccc(OC(=O)[C@H]3CC[C@H](C)CC3)cc2)CC1. The second-order valence-corrected chi connectivity index (χ2v) is 9.52. The van der Waals surface area contributed by atoms with Gasteiger partial charge in [0.2, 0.25) is 0 Å². The molecule has 0 unspecified atom stereocenters. The zero-order valence-corrected chi connectivity index (χ0v) is 18.5. The van der Waals surface area contributed by atoms with Crippen LogP contribution in [-0.2, 0) is 4.79 Å². The van der Waals surface area contributed by atoms with E-state index in [9.17, 15) is 4.79 Å². The van der Waals surface area contributed by atoms with Crippen LogP contribution in [0.25, 0.3) is 0 Å². The van der Waals surface area contributed by atoms with E-state index in [0.717, 1.165) is 62.2 Å². The highest BCUT2D eigenvalue weighted by Crippen LogP contribution is 2.34. The monoisotopic (exact) mass is 400 g/mol. The van der Waals surface area contributed by atoms with Gasteiger partial charge in [-0.05, 0) is 80.5 Å². The third kappa shape index (κ3) is 7.35. The fourth-order valence-electron chi connectivity index (χ4n) is 5.08. The van der Waals surface area contributed by atoms with E-state index in [0.29, 0.717) is 5.75 Å².